The van der Waals surface area contributed by atoms with Gasteiger partial charge in [-0.3, -0.25) is 20.4 Å². The maximum Gasteiger partial charge on any atom is 0.269 e. The van der Waals surface area contributed by atoms with Crippen molar-refractivity contribution in [2.24, 2.45) is 0 Å². The monoisotopic (exact) mass is 452 g/mol. The number of ether oxygens (including phenoxy) is 2. The molecule has 8 heteroatoms. The van der Waals surface area contributed by atoms with Gasteiger partial charge < -0.3 is 9.47 Å². The summed E-state index contributed by atoms with van der Waals surface area (Å²) in [4.78, 5) is 25.6. The standard InChI is InChI=1S/C19H21BrN2O4S/c1-4-26-17-15(20)10-13(11-16(17)25-3)19(24)22-21-18(23)12(2)27-14-8-6-5-7-9-14/h5-12H,4H2,1-3H3,(H,21,23)(H,22,24)/t12-/m1/s1. The molecule has 0 aliphatic carbocycles. The normalized spacial score (nSPS) is 11.4. The van der Waals surface area contributed by atoms with E-state index in [-0.39, 0.29) is 11.2 Å². The van der Waals surface area contributed by atoms with E-state index in [4.69, 9.17) is 9.47 Å². The number of benzene rings is 2. The van der Waals surface area contributed by atoms with Gasteiger partial charge in [-0.1, -0.05) is 18.2 Å². The summed E-state index contributed by atoms with van der Waals surface area (Å²) in [6.45, 7) is 4.10. The average molecular weight is 453 g/mol. The van der Waals surface area contributed by atoms with E-state index in [1.54, 1.807) is 19.1 Å². The zero-order valence-corrected chi connectivity index (χ0v) is 17.6. The number of rotatable bonds is 7. The number of carbonyl (C=O) groups excluding carboxylic acids is 2. The van der Waals surface area contributed by atoms with Gasteiger partial charge in [0.25, 0.3) is 11.8 Å². The van der Waals surface area contributed by atoms with Gasteiger partial charge in [-0.05, 0) is 54.0 Å². The second-order valence-corrected chi connectivity index (χ2v) is 7.71. The molecule has 6 nitrogen and oxygen atoms in total. The van der Waals surface area contributed by atoms with Crippen molar-refractivity contribution < 1.29 is 19.1 Å². The minimum Gasteiger partial charge on any atom is -0.493 e. The Morgan fingerprint density at radius 2 is 1.89 bits per heavy atom. The zero-order valence-electron chi connectivity index (χ0n) is 15.2. The van der Waals surface area contributed by atoms with Gasteiger partial charge in [0.2, 0.25) is 0 Å². The third-order valence-corrected chi connectivity index (χ3v) is 5.21. The van der Waals surface area contributed by atoms with Crippen LogP contribution < -0.4 is 20.3 Å². The van der Waals surface area contributed by atoms with Crippen molar-refractivity contribution in [1.82, 2.24) is 10.9 Å². The summed E-state index contributed by atoms with van der Waals surface area (Å²) in [6, 6.07) is 12.8. The van der Waals surface area contributed by atoms with Crippen molar-refractivity contribution in [3.63, 3.8) is 0 Å². The van der Waals surface area contributed by atoms with Crippen molar-refractivity contribution in [3.05, 3.63) is 52.5 Å². The number of nitrogens with one attached hydrogen (secondary N) is 2. The van der Waals surface area contributed by atoms with Gasteiger partial charge in [-0.25, -0.2) is 0 Å². The van der Waals surface area contributed by atoms with Gasteiger partial charge in [0, 0.05) is 10.5 Å². The molecule has 0 saturated heterocycles. The lowest BCUT2D eigenvalue weighted by molar-refractivity contribution is -0.121. The number of hydrazine groups is 1. The van der Waals surface area contributed by atoms with Crippen LogP contribution in [0.5, 0.6) is 11.5 Å². The molecule has 0 fully saturated rings. The van der Waals surface area contributed by atoms with Crippen LogP contribution in [0, 0.1) is 0 Å². The van der Waals surface area contributed by atoms with E-state index >= 15 is 0 Å². The van der Waals surface area contributed by atoms with Crippen LogP contribution >= 0.6 is 27.7 Å². The second kappa shape index (κ2) is 10.2. The maximum absolute atomic E-state index is 12.4. The van der Waals surface area contributed by atoms with Crippen molar-refractivity contribution in [2.45, 2.75) is 24.0 Å². The fourth-order valence-electron chi connectivity index (χ4n) is 2.18. The van der Waals surface area contributed by atoms with Crippen LogP contribution in [-0.4, -0.2) is 30.8 Å². The molecule has 0 spiro atoms. The van der Waals surface area contributed by atoms with Crippen LogP contribution in [0.15, 0.2) is 51.8 Å². The minimum absolute atomic E-state index is 0.297. The quantitative estimate of drug-likeness (QED) is 0.493. The molecule has 2 aromatic carbocycles. The van der Waals surface area contributed by atoms with E-state index in [1.165, 1.54) is 18.9 Å². The number of hydrogen-bond acceptors (Lipinski definition) is 5. The lowest BCUT2D eigenvalue weighted by Crippen LogP contribution is -2.44. The molecule has 0 bridgehead atoms. The molecular formula is C19H21BrN2O4S. The molecule has 2 rings (SSSR count). The Hall–Kier alpha value is -2.19. The van der Waals surface area contributed by atoms with E-state index in [0.717, 1.165) is 4.90 Å². The van der Waals surface area contributed by atoms with Crippen molar-refractivity contribution in [3.8, 4) is 11.5 Å². The minimum atomic E-state index is -0.456. The Morgan fingerprint density at radius 1 is 1.19 bits per heavy atom. The Bertz CT molecular complexity index is 802. The van der Waals surface area contributed by atoms with Crippen LogP contribution in [0.3, 0.4) is 0 Å². The highest BCUT2D eigenvalue weighted by Gasteiger charge is 2.18. The summed E-state index contributed by atoms with van der Waals surface area (Å²) < 4.78 is 11.4. The highest BCUT2D eigenvalue weighted by molar-refractivity contribution is 9.10. The topological polar surface area (TPSA) is 76.7 Å². The largest absolute Gasteiger partial charge is 0.493 e. The summed E-state index contributed by atoms with van der Waals surface area (Å²) in [7, 11) is 1.50. The molecular weight excluding hydrogens is 432 g/mol. The van der Waals surface area contributed by atoms with Crippen LogP contribution in [0.2, 0.25) is 0 Å². The maximum atomic E-state index is 12.4. The van der Waals surface area contributed by atoms with Gasteiger partial charge in [0.1, 0.15) is 0 Å². The highest BCUT2D eigenvalue weighted by atomic mass is 79.9. The summed E-state index contributed by atoms with van der Waals surface area (Å²) in [6.07, 6.45) is 0. The van der Waals surface area contributed by atoms with Crippen LogP contribution in [0.4, 0.5) is 0 Å². The predicted octanol–water partition coefficient (Wildman–Crippen LogP) is 3.80. The molecule has 2 amide bonds. The average Bonchev–Trinajstić information content (AvgIpc) is 2.67. The molecule has 0 saturated carbocycles. The zero-order chi connectivity index (χ0) is 19.8. The lowest BCUT2D eigenvalue weighted by atomic mass is 10.2. The molecule has 0 aromatic heterocycles. The third-order valence-electron chi connectivity index (χ3n) is 3.50. The third kappa shape index (κ3) is 5.90. The predicted molar refractivity (Wildman–Crippen MR) is 109 cm³/mol. The summed E-state index contributed by atoms with van der Waals surface area (Å²) >= 11 is 4.78. The Labute approximate surface area is 171 Å². The van der Waals surface area contributed by atoms with Gasteiger partial charge >= 0.3 is 0 Å². The van der Waals surface area contributed by atoms with Crippen molar-refractivity contribution >= 4 is 39.5 Å². The number of thioether (sulfide) groups is 1. The van der Waals surface area contributed by atoms with E-state index in [2.05, 4.69) is 26.8 Å². The summed E-state index contributed by atoms with van der Waals surface area (Å²) in [5, 5.41) is -0.366. The van der Waals surface area contributed by atoms with Gasteiger partial charge in [0.15, 0.2) is 11.5 Å². The molecule has 0 aliphatic rings. The van der Waals surface area contributed by atoms with Crippen LogP contribution in [0.25, 0.3) is 0 Å². The number of carbonyl (C=O) groups is 2. The smallest absolute Gasteiger partial charge is 0.269 e. The first-order valence-electron chi connectivity index (χ1n) is 8.28. The van der Waals surface area contributed by atoms with E-state index in [1.807, 2.05) is 37.3 Å². The second-order valence-electron chi connectivity index (χ2n) is 5.44. The number of hydrogen-bond donors (Lipinski definition) is 2. The first kappa shape index (κ1) is 21.1. The number of methoxy groups -OCH3 is 1. The van der Waals surface area contributed by atoms with Crippen molar-refractivity contribution in [1.29, 1.82) is 0 Å². The van der Waals surface area contributed by atoms with E-state index in [9.17, 15) is 9.59 Å². The first-order valence-corrected chi connectivity index (χ1v) is 9.95. The van der Waals surface area contributed by atoms with Gasteiger partial charge in [0.05, 0.1) is 23.4 Å². The van der Waals surface area contributed by atoms with E-state index < -0.39 is 5.91 Å². The number of amides is 2. The Morgan fingerprint density at radius 3 is 2.52 bits per heavy atom. The SMILES string of the molecule is CCOc1c(Br)cc(C(=O)NNC(=O)[C@@H](C)Sc2ccccc2)cc1OC. The fraction of sp³-hybridized carbons (Fsp3) is 0.263. The molecule has 0 aliphatic heterocycles. The Balaban J connectivity index is 1.98. The molecule has 2 N–H and O–H groups in total. The first-order chi connectivity index (χ1) is 13.0. The molecule has 1 atom stereocenters. The number of halogens is 1. The molecule has 0 heterocycles. The van der Waals surface area contributed by atoms with Crippen LogP contribution in [-0.2, 0) is 4.79 Å². The highest BCUT2D eigenvalue weighted by Crippen LogP contribution is 2.36. The van der Waals surface area contributed by atoms with E-state index in [0.29, 0.717) is 28.1 Å². The molecule has 0 unspecified atom stereocenters. The van der Waals surface area contributed by atoms with Gasteiger partial charge in [-0.15, -0.1) is 11.8 Å². The Kier molecular flexibility index (Phi) is 7.99. The van der Waals surface area contributed by atoms with Gasteiger partial charge in [-0.2, -0.15) is 0 Å². The molecule has 27 heavy (non-hydrogen) atoms. The summed E-state index contributed by atoms with van der Waals surface area (Å²) in [5.41, 5.74) is 5.20. The molecule has 144 valence electrons. The lowest BCUT2D eigenvalue weighted by Gasteiger charge is -2.15. The summed E-state index contributed by atoms with van der Waals surface area (Å²) in [5.74, 6) is 0.195. The molecule has 0 radical (unpaired) electrons. The van der Waals surface area contributed by atoms with Crippen LogP contribution in [0.1, 0.15) is 24.2 Å². The molecule has 2 aromatic rings. The fourth-order valence-corrected chi connectivity index (χ4v) is 3.63. The van der Waals surface area contributed by atoms with Crippen molar-refractivity contribution in [2.75, 3.05) is 13.7 Å².